The van der Waals surface area contributed by atoms with Crippen molar-refractivity contribution in [2.45, 2.75) is 0 Å². The number of amides is 2. The first-order chi connectivity index (χ1) is 15.8. The van der Waals surface area contributed by atoms with Gasteiger partial charge in [0.2, 0.25) is 0 Å². The van der Waals surface area contributed by atoms with Gasteiger partial charge in [-0.25, -0.2) is 0 Å². The molecule has 0 aromatic heterocycles. The van der Waals surface area contributed by atoms with E-state index in [9.17, 15) is 9.59 Å². The van der Waals surface area contributed by atoms with Crippen molar-refractivity contribution in [3.63, 3.8) is 0 Å². The molecular formula is C24H20Cl2N4O3. The summed E-state index contributed by atoms with van der Waals surface area (Å²) in [7, 11) is 1.65. The molecule has 0 unspecified atom stereocenters. The topological polar surface area (TPSA) is 85.7 Å². The van der Waals surface area contributed by atoms with E-state index in [0.29, 0.717) is 45.7 Å². The first-order valence-electron chi connectivity index (χ1n) is 10.1. The van der Waals surface area contributed by atoms with E-state index < -0.39 is 0 Å². The summed E-state index contributed by atoms with van der Waals surface area (Å²) >= 11 is 12.0. The van der Waals surface area contributed by atoms with E-state index in [1.54, 1.807) is 66.5 Å². The van der Waals surface area contributed by atoms with E-state index in [1.807, 2.05) is 12.1 Å². The molecule has 0 radical (unpaired) electrons. The Bertz CT molecular complexity index is 1210. The molecule has 0 bridgehead atoms. The van der Waals surface area contributed by atoms with Crippen molar-refractivity contribution < 1.29 is 14.3 Å². The number of nitrogens with one attached hydrogen (secondary N) is 2. The molecule has 3 aromatic rings. The van der Waals surface area contributed by atoms with Gasteiger partial charge in [0, 0.05) is 34.0 Å². The average Bonchev–Trinajstić information content (AvgIpc) is 3.24. The highest BCUT2D eigenvalue weighted by molar-refractivity contribution is 6.31. The molecule has 3 aromatic carbocycles. The molecule has 1 saturated heterocycles. The summed E-state index contributed by atoms with van der Waals surface area (Å²) in [5, 5.41) is 11.5. The Labute approximate surface area is 201 Å². The van der Waals surface area contributed by atoms with Gasteiger partial charge >= 0.3 is 0 Å². The summed E-state index contributed by atoms with van der Waals surface area (Å²) in [6.45, 7) is 1.08. The lowest BCUT2D eigenvalue weighted by Gasteiger charge is -2.21. The number of halogens is 2. The molecular weight excluding hydrogens is 463 g/mol. The maximum Gasteiger partial charge on any atom is 0.289 e. The Balaban J connectivity index is 1.55. The molecule has 7 nitrogen and oxygen atoms in total. The highest BCUT2D eigenvalue weighted by Gasteiger charge is 2.22. The van der Waals surface area contributed by atoms with Crippen molar-refractivity contribution in [1.82, 2.24) is 0 Å². The molecule has 2 N–H and O–H groups in total. The van der Waals surface area contributed by atoms with Crippen LogP contribution in [0.25, 0.3) is 0 Å². The van der Waals surface area contributed by atoms with Crippen molar-refractivity contribution in [3.8, 4) is 0 Å². The van der Waals surface area contributed by atoms with Crippen molar-refractivity contribution in [2.24, 2.45) is 0 Å². The predicted molar refractivity (Wildman–Crippen MR) is 131 cm³/mol. The van der Waals surface area contributed by atoms with Crippen LogP contribution in [0, 0.1) is 5.41 Å². The van der Waals surface area contributed by atoms with Crippen LogP contribution in [0.4, 0.5) is 17.1 Å². The second-order valence-electron chi connectivity index (χ2n) is 7.34. The molecule has 33 heavy (non-hydrogen) atoms. The van der Waals surface area contributed by atoms with Gasteiger partial charge in [0.1, 0.15) is 6.61 Å². The van der Waals surface area contributed by atoms with Gasteiger partial charge in [-0.05, 0) is 66.7 Å². The summed E-state index contributed by atoms with van der Waals surface area (Å²) in [4.78, 5) is 29.2. The predicted octanol–water partition coefficient (Wildman–Crippen LogP) is 5.29. The van der Waals surface area contributed by atoms with E-state index in [4.69, 9.17) is 33.3 Å². The monoisotopic (exact) mass is 482 g/mol. The second kappa shape index (κ2) is 9.52. The van der Waals surface area contributed by atoms with Crippen LogP contribution in [-0.4, -0.2) is 38.0 Å². The quantitative estimate of drug-likeness (QED) is 0.516. The third kappa shape index (κ3) is 4.94. The number of carbonyl (C=O) groups excluding carboxylic acids is 2. The summed E-state index contributed by atoms with van der Waals surface area (Å²) < 4.78 is 5.18. The zero-order valence-electron chi connectivity index (χ0n) is 17.6. The third-order valence-electron chi connectivity index (χ3n) is 5.22. The molecule has 168 valence electrons. The smallest absolute Gasteiger partial charge is 0.289 e. The second-order valence-corrected chi connectivity index (χ2v) is 8.21. The molecule has 0 spiro atoms. The highest BCUT2D eigenvalue weighted by Crippen LogP contribution is 2.27. The molecule has 2 amide bonds. The minimum Gasteiger partial charge on any atom is -0.463 e. The Hall–Kier alpha value is -3.55. The van der Waals surface area contributed by atoms with Gasteiger partial charge in [-0.3, -0.25) is 19.9 Å². The van der Waals surface area contributed by atoms with Gasteiger partial charge in [-0.15, -0.1) is 0 Å². The number of carbonyl (C=O) groups is 2. The third-order valence-corrected chi connectivity index (χ3v) is 5.71. The van der Waals surface area contributed by atoms with E-state index >= 15 is 0 Å². The van der Waals surface area contributed by atoms with Crippen LogP contribution in [0.2, 0.25) is 10.0 Å². The summed E-state index contributed by atoms with van der Waals surface area (Å²) in [5.74, 6) is -0.701. The fraction of sp³-hybridized carbons (Fsp3) is 0.125. The number of hydrogen-bond donors (Lipinski definition) is 2. The normalized spacial score (nSPS) is 12.9. The van der Waals surface area contributed by atoms with Gasteiger partial charge in [-0.2, -0.15) is 0 Å². The zero-order valence-corrected chi connectivity index (χ0v) is 19.2. The van der Waals surface area contributed by atoms with Gasteiger partial charge in [0.25, 0.3) is 17.8 Å². The molecule has 1 aliphatic heterocycles. The van der Waals surface area contributed by atoms with Crippen LogP contribution >= 0.6 is 23.2 Å². The Morgan fingerprint density at radius 2 is 1.67 bits per heavy atom. The SMILES string of the molecule is CN(C(=O)c1ccc(Cl)cc1NC(=O)c1ccc(Cl)cc1)c1ccc(N2CCOC2=N)cc1. The van der Waals surface area contributed by atoms with Crippen molar-refractivity contribution >= 4 is 58.1 Å². The number of ether oxygens (including phenoxy) is 1. The Morgan fingerprint density at radius 3 is 2.30 bits per heavy atom. The number of nitrogens with zero attached hydrogens (tertiary/aromatic N) is 2. The van der Waals surface area contributed by atoms with Crippen LogP contribution in [0.15, 0.2) is 66.7 Å². The van der Waals surface area contributed by atoms with E-state index in [1.165, 1.54) is 4.90 Å². The van der Waals surface area contributed by atoms with Crippen molar-refractivity contribution in [2.75, 3.05) is 35.3 Å². The van der Waals surface area contributed by atoms with Crippen LogP contribution in [0.5, 0.6) is 0 Å². The summed E-state index contributed by atoms with van der Waals surface area (Å²) in [6.07, 6.45) is 0. The van der Waals surface area contributed by atoms with E-state index in [2.05, 4.69) is 5.32 Å². The van der Waals surface area contributed by atoms with Crippen LogP contribution in [0.1, 0.15) is 20.7 Å². The number of hydrogen-bond acceptors (Lipinski definition) is 4. The largest absolute Gasteiger partial charge is 0.463 e. The van der Waals surface area contributed by atoms with Crippen LogP contribution in [-0.2, 0) is 4.74 Å². The first-order valence-corrected chi connectivity index (χ1v) is 10.8. The van der Waals surface area contributed by atoms with Gasteiger partial charge in [0.15, 0.2) is 0 Å². The minimum atomic E-state index is -0.384. The average molecular weight is 483 g/mol. The number of benzene rings is 3. The standard InChI is InChI=1S/C24H20Cl2N4O3/c1-29(18-7-9-19(10-8-18)30-12-13-33-24(30)27)23(32)20-11-6-17(26)14-21(20)28-22(31)15-2-4-16(25)5-3-15/h2-11,14,27H,12-13H2,1H3,(H,28,31). The van der Waals surface area contributed by atoms with Gasteiger partial charge in [-0.1, -0.05) is 23.2 Å². The van der Waals surface area contributed by atoms with Gasteiger partial charge in [0.05, 0.1) is 17.8 Å². The van der Waals surface area contributed by atoms with Crippen LogP contribution in [0.3, 0.4) is 0 Å². The fourth-order valence-corrected chi connectivity index (χ4v) is 3.71. The summed E-state index contributed by atoms with van der Waals surface area (Å²) in [5.41, 5.74) is 2.46. The summed E-state index contributed by atoms with van der Waals surface area (Å²) in [6, 6.07) is 18.5. The molecule has 4 rings (SSSR count). The molecule has 0 atom stereocenters. The van der Waals surface area contributed by atoms with Gasteiger partial charge < -0.3 is 15.0 Å². The highest BCUT2D eigenvalue weighted by atomic mass is 35.5. The number of rotatable bonds is 5. The maximum atomic E-state index is 13.3. The van der Waals surface area contributed by atoms with E-state index in [-0.39, 0.29) is 17.8 Å². The molecule has 9 heteroatoms. The Morgan fingerprint density at radius 1 is 1.00 bits per heavy atom. The van der Waals surface area contributed by atoms with Crippen molar-refractivity contribution in [1.29, 1.82) is 5.41 Å². The zero-order chi connectivity index (χ0) is 23.5. The maximum absolute atomic E-state index is 13.3. The van der Waals surface area contributed by atoms with Crippen molar-refractivity contribution in [3.05, 3.63) is 87.9 Å². The molecule has 1 fully saturated rings. The minimum absolute atomic E-state index is 0.106. The molecule has 0 saturated carbocycles. The lowest BCUT2D eigenvalue weighted by molar-refractivity contribution is 0.0994. The molecule has 1 heterocycles. The Kier molecular flexibility index (Phi) is 6.53. The number of amidine groups is 1. The first kappa shape index (κ1) is 22.6. The molecule has 1 aliphatic rings. The fourth-order valence-electron chi connectivity index (χ4n) is 3.42. The lowest BCUT2D eigenvalue weighted by Crippen LogP contribution is -2.28. The van der Waals surface area contributed by atoms with E-state index in [0.717, 1.165) is 5.69 Å². The molecule has 0 aliphatic carbocycles. The number of anilines is 3. The van der Waals surface area contributed by atoms with Crippen LogP contribution < -0.4 is 15.1 Å². The lowest BCUT2D eigenvalue weighted by atomic mass is 10.1.